The number of benzene rings is 1. The lowest BCUT2D eigenvalue weighted by atomic mass is 10.0. The van der Waals surface area contributed by atoms with Gasteiger partial charge in [0.2, 0.25) is 0 Å². The Balaban J connectivity index is 2.04. The van der Waals surface area contributed by atoms with E-state index in [9.17, 15) is 0 Å². The number of nitrogens with one attached hydrogen (secondary N) is 1. The molecule has 1 saturated heterocycles. The quantitative estimate of drug-likeness (QED) is 0.814. The number of methoxy groups -OCH3 is 1. The Kier molecular flexibility index (Phi) is 6.96. The fourth-order valence-corrected chi connectivity index (χ4v) is 3.08. The van der Waals surface area contributed by atoms with E-state index >= 15 is 0 Å². The van der Waals surface area contributed by atoms with Gasteiger partial charge < -0.3 is 19.5 Å². The van der Waals surface area contributed by atoms with Crippen molar-refractivity contribution in [2.75, 3.05) is 33.5 Å². The van der Waals surface area contributed by atoms with Crippen LogP contribution in [0.2, 0.25) is 0 Å². The molecule has 1 aromatic carbocycles. The first kappa shape index (κ1) is 16.7. The molecule has 5 heteroatoms. The normalized spacial score (nSPS) is 20.2. The predicted molar refractivity (Wildman–Crippen MR) is 87.0 cm³/mol. The van der Waals surface area contributed by atoms with Crippen molar-refractivity contribution >= 4 is 15.9 Å². The van der Waals surface area contributed by atoms with Crippen LogP contribution in [0.25, 0.3) is 0 Å². The van der Waals surface area contributed by atoms with Gasteiger partial charge in [-0.1, -0.05) is 13.0 Å². The first-order valence-corrected chi connectivity index (χ1v) is 8.29. The Morgan fingerprint density at radius 3 is 2.90 bits per heavy atom. The highest BCUT2D eigenvalue weighted by atomic mass is 79.9. The fraction of sp³-hybridized carbons (Fsp3) is 0.625. The highest BCUT2D eigenvalue weighted by molar-refractivity contribution is 9.10. The summed E-state index contributed by atoms with van der Waals surface area (Å²) < 4.78 is 17.7. The number of ether oxygens (including phenoxy) is 3. The van der Waals surface area contributed by atoms with Gasteiger partial charge in [0.1, 0.15) is 5.75 Å². The second kappa shape index (κ2) is 8.73. The SMILES string of the molecule is CCCNC(Cc1ccc(OC)c(Br)c1)C1COCCO1. The monoisotopic (exact) mass is 357 g/mol. The molecule has 0 radical (unpaired) electrons. The minimum Gasteiger partial charge on any atom is -0.496 e. The van der Waals surface area contributed by atoms with Crippen LogP contribution in [0.15, 0.2) is 22.7 Å². The molecule has 2 atom stereocenters. The molecule has 21 heavy (non-hydrogen) atoms. The fourth-order valence-electron chi connectivity index (χ4n) is 2.49. The van der Waals surface area contributed by atoms with Crippen LogP contribution in [-0.4, -0.2) is 45.6 Å². The predicted octanol–water partition coefficient (Wildman–Crippen LogP) is 2.78. The average Bonchev–Trinajstić information content (AvgIpc) is 2.52. The van der Waals surface area contributed by atoms with Crippen molar-refractivity contribution in [3.8, 4) is 5.75 Å². The van der Waals surface area contributed by atoms with Gasteiger partial charge in [0.05, 0.1) is 37.5 Å². The summed E-state index contributed by atoms with van der Waals surface area (Å²) >= 11 is 3.54. The van der Waals surface area contributed by atoms with Gasteiger partial charge in [0, 0.05) is 6.04 Å². The lowest BCUT2D eigenvalue weighted by molar-refractivity contribution is -0.101. The minimum atomic E-state index is 0.117. The second-order valence-corrected chi connectivity index (χ2v) is 6.07. The van der Waals surface area contributed by atoms with Crippen molar-refractivity contribution in [1.29, 1.82) is 0 Å². The van der Waals surface area contributed by atoms with Crippen molar-refractivity contribution in [3.63, 3.8) is 0 Å². The summed E-state index contributed by atoms with van der Waals surface area (Å²) in [7, 11) is 1.68. The number of rotatable bonds is 7. The highest BCUT2D eigenvalue weighted by Gasteiger charge is 2.25. The van der Waals surface area contributed by atoms with Crippen molar-refractivity contribution in [2.24, 2.45) is 0 Å². The van der Waals surface area contributed by atoms with Crippen LogP contribution in [0.3, 0.4) is 0 Å². The average molecular weight is 358 g/mol. The van der Waals surface area contributed by atoms with Crippen LogP contribution in [0.1, 0.15) is 18.9 Å². The Bertz CT molecular complexity index is 436. The van der Waals surface area contributed by atoms with E-state index in [1.54, 1.807) is 7.11 Å². The molecule has 2 rings (SSSR count). The lowest BCUT2D eigenvalue weighted by Gasteiger charge is -2.31. The molecular formula is C16H24BrNO3. The Morgan fingerprint density at radius 1 is 1.43 bits per heavy atom. The van der Waals surface area contributed by atoms with Crippen LogP contribution in [0, 0.1) is 0 Å². The Hall–Kier alpha value is -0.620. The molecule has 1 N–H and O–H groups in total. The highest BCUT2D eigenvalue weighted by Crippen LogP contribution is 2.26. The van der Waals surface area contributed by atoms with E-state index < -0.39 is 0 Å². The van der Waals surface area contributed by atoms with Crippen molar-refractivity contribution < 1.29 is 14.2 Å². The van der Waals surface area contributed by atoms with Gasteiger partial charge in [0.25, 0.3) is 0 Å². The first-order valence-electron chi connectivity index (χ1n) is 7.49. The molecule has 0 saturated carbocycles. The standard InChI is InChI=1S/C16H24BrNO3/c1-3-6-18-14(16-11-20-7-8-21-16)10-12-4-5-15(19-2)13(17)9-12/h4-5,9,14,16,18H,3,6-8,10-11H2,1-2H3. The largest absolute Gasteiger partial charge is 0.496 e. The Labute approximate surface area is 135 Å². The van der Waals surface area contributed by atoms with Crippen molar-refractivity contribution in [3.05, 3.63) is 28.2 Å². The summed E-state index contributed by atoms with van der Waals surface area (Å²) in [5.41, 5.74) is 1.26. The van der Waals surface area contributed by atoms with Crippen LogP contribution in [-0.2, 0) is 15.9 Å². The van der Waals surface area contributed by atoms with E-state index in [1.165, 1.54) is 5.56 Å². The zero-order valence-corrected chi connectivity index (χ0v) is 14.3. The van der Waals surface area contributed by atoms with Crippen LogP contribution in [0.4, 0.5) is 0 Å². The van der Waals surface area contributed by atoms with Crippen LogP contribution >= 0.6 is 15.9 Å². The molecule has 1 heterocycles. The summed E-state index contributed by atoms with van der Waals surface area (Å²) in [4.78, 5) is 0. The Morgan fingerprint density at radius 2 is 2.29 bits per heavy atom. The van der Waals surface area contributed by atoms with E-state index in [0.29, 0.717) is 19.8 Å². The molecule has 0 aliphatic carbocycles. The van der Waals surface area contributed by atoms with E-state index in [2.05, 4.69) is 40.3 Å². The van der Waals surface area contributed by atoms with Gasteiger partial charge in [0.15, 0.2) is 0 Å². The van der Waals surface area contributed by atoms with Crippen molar-refractivity contribution in [2.45, 2.75) is 31.9 Å². The van der Waals surface area contributed by atoms with Gasteiger partial charge in [-0.25, -0.2) is 0 Å². The molecule has 0 spiro atoms. The summed E-state index contributed by atoms with van der Waals surface area (Å²) in [6, 6.07) is 6.48. The molecule has 0 bridgehead atoms. The molecular weight excluding hydrogens is 334 g/mol. The maximum atomic E-state index is 5.86. The third-order valence-electron chi connectivity index (χ3n) is 3.62. The number of hydrogen-bond donors (Lipinski definition) is 1. The summed E-state index contributed by atoms with van der Waals surface area (Å²) in [6.45, 7) is 5.21. The molecule has 1 aliphatic heterocycles. The van der Waals surface area contributed by atoms with Gasteiger partial charge in [-0.15, -0.1) is 0 Å². The molecule has 2 unspecified atom stereocenters. The number of hydrogen-bond acceptors (Lipinski definition) is 4. The maximum absolute atomic E-state index is 5.86. The van der Waals surface area contributed by atoms with E-state index in [0.717, 1.165) is 29.6 Å². The number of halogens is 1. The van der Waals surface area contributed by atoms with Gasteiger partial charge in [-0.2, -0.15) is 0 Å². The van der Waals surface area contributed by atoms with Crippen LogP contribution < -0.4 is 10.1 Å². The van der Waals surface area contributed by atoms with E-state index in [-0.39, 0.29) is 12.1 Å². The summed E-state index contributed by atoms with van der Waals surface area (Å²) in [5, 5.41) is 3.58. The zero-order chi connectivity index (χ0) is 15.1. The molecule has 1 aliphatic rings. The van der Waals surface area contributed by atoms with Gasteiger partial charge >= 0.3 is 0 Å². The maximum Gasteiger partial charge on any atom is 0.133 e. The topological polar surface area (TPSA) is 39.7 Å². The molecule has 118 valence electrons. The third-order valence-corrected chi connectivity index (χ3v) is 4.24. The molecule has 0 amide bonds. The molecule has 1 fully saturated rings. The van der Waals surface area contributed by atoms with Crippen molar-refractivity contribution in [1.82, 2.24) is 5.32 Å². The third kappa shape index (κ3) is 4.95. The second-order valence-electron chi connectivity index (χ2n) is 5.22. The summed E-state index contributed by atoms with van der Waals surface area (Å²) in [6.07, 6.45) is 2.14. The zero-order valence-electron chi connectivity index (χ0n) is 12.7. The van der Waals surface area contributed by atoms with E-state index in [1.807, 2.05) is 6.07 Å². The van der Waals surface area contributed by atoms with E-state index in [4.69, 9.17) is 14.2 Å². The minimum absolute atomic E-state index is 0.117. The van der Waals surface area contributed by atoms with Gasteiger partial charge in [-0.3, -0.25) is 0 Å². The summed E-state index contributed by atoms with van der Waals surface area (Å²) in [5.74, 6) is 0.856. The first-order chi connectivity index (χ1) is 10.2. The molecule has 0 aromatic heterocycles. The van der Waals surface area contributed by atoms with Gasteiger partial charge in [-0.05, 0) is 53.0 Å². The lowest BCUT2D eigenvalue weighted by Crippen LogP contribution is -2.48. The smallest absolute Gasteiger partial charge is 0.133 e. The van der Waals surface area contributed by atoms with Crippen LogP contribution in [0.5, 0.6) is 5.75 Å². The molecule has 1 aromatic rings. The molecule has 4 nitrogen and oxygen atoms in total.